The van der Waals surface area contributed by atoms with E-state index < -0.39 is 21.7 Å². The summed E-state index contributed by atoms with van der Waals surface area (Å²) >= 11 is 0. The number of β-amino-alcohol motifs (C(OH)–C–C–N with tert-alkyl or cyclic N) is 2. The third-order valence-corrected chi connectivity index (χ3v) is 7.97. The van der Waals surface area contributed by atoms with E-state index in [2.05, 4.69) is 4.90 Å². The van der Waals surface area contributed by atoms with Crippen molar-refractivity contribution in [3.63, 3.8) is 0 Å². The van der Waals surface area contributed by atoms with Gasteiger partial charge in [-0.1, -0.05) is 36.4 Å². The van der Waals surface area contributed by atoms with Crippen molar-refractivity contribution in [3.8, 4) is 0 Å². The van der Waals surface area contributed by atoms with E-state index in [4.69, 9.17) is 0 Å². The maximum absolute atomic E-state index is 13.9. The molecule has 0 aliphatic carbocycles. The van der Waals surface area contributed by atoms with Gasteiger partial charge in [0.2, 0.25) is 10.0 Å². The minimum absolute atomic E-state index is 0.138. The lowest BCUT2D eigenvalue weighted by Crippen LogP contribution is -2.56. The first-order valence-corrected chi connectivity index (χ1v) is 11.9. The van der Waals surface area contributed by atoms with Gasteiger partial charge in [0.25, 0.3) is 0 Å². The molecule has 2 N–H and O–H groups in total. The third-order valence-electron chi connectivity index (χ3n) is 6.14. The Bertz CT molecular complexity index is 999. The molecule has 7 nitrogen and oxygen atoms in total. The quantitative estimate of drug-likeness (QED) is 0.677. The lowest BCUT2D eigenvalue weighted by atomic mass is 9.99. The molecule has 2 heterocycles. The second kappa shape index (κ2) is 8.93. The Labute approximate surface area is 182 Å². The molecule has 0 saturated carbocycles. The van der Waals surface area contributed by atoms with Crippen LogP contribution in [0.2, 0.25) is 0 Å². The fourth-order valence-electron chi connectivity index (χ4n) is 4.28. The number of sulfonamides is 1. The van der Waals surface area contributed by atoms with Gasteiger partial charge in [-0.3, -0.25) is 9.80 Å². The molecule has 2 fully saturated rings. The zero-order chi connectivity index (χ0) is 22.1. The Morgan fingerprint density at radius 2 is 1.58 bits per heavy atom. The predicted octanol–water partition coefficient (Wildman–Crippen LogP) is 0.740. The standard InChI is InChI=1S/C22H28FN3O4S/c23-20-9-5-4-6-18(20)14-24-10-12-25(13-11-24)16-22(28)17-26(15-21(22)27)31(29,30)19-7-2-1-3-8-19/h1-9,21,27-28H,10-17H2/t21-,22+/m1/s1. The fourth-order valence-corrected chi connectivity index (χ4v) is 5.81. The number of halogens is 1. The molecule has 0 amide bonds. The van der Waals surface area contributed by atoms with Gasteiger partial charge in [-0.25, -0.2) is 12.8 Å². The second-order valence-electron chi connectivity index (χ2n) is 8.37. The number of benzene rings is 2. The molecule has 4 rings (SSSR count). The van der Waals surface area contributed by atoms with Crippen LogP contribution in [0.25, 0.3) is 0 Å². The number of piperazine rings is 1. The van der Waals surface area contributed by atoms with Crippen LogP contribution in [-0.2, 0) is 16.6 Å². The SMILES string of the molecule is O=S(=O)(c1ccccc1)N1C[C@@H](O)[C@](O)(CN2CCN(Cc3ccccc3F)CC2)C1. The molecule has 2 aromatic rings. The van der Waals surface area contributed by atoms with Crippen molar-refractivity contribution in [1.29, 1.82) is 0 Å². The van der Waals surface area contributed by atoms with Crippen LogP contribution in [0, 0.1) is 5.82 Å². The van der Waals surface area contributed by atoms with E-state index in [9.17, 15) is 23.0 Å². The van der Waals surface area contributed by atoms with Crippen molar-refractivity contribution < 1.29 is 23.0 Å². The average molecular weight is 450 g/mol. The van der Waals surface area contributed by atoms with Crippen LogP contribution in [0.5, 0.6) is 0 Å². The number of nitrogens with zero attached hydrogens (tertiary/aromatic N) is 3. The molecule has 0 bridgehead atoms. The lowest BCUT2D eigenvalue weighted by Gasteiger charge is -2.39. The van der Waals surface area contributed by atoms with E-state index in [0.717, 1.165) is 4.31 Å². The van der Waals surface area contributed by atoms with E-state index in [0.29, 0.717) is 38.3 Å². The Balaban J connectivity index is 1.35. The summed E-state index contributed by atoms with van der Waals surface area (Å²) in [4.78, 5) is 4.32. The van der Waals surface area contributed by atoms with Crippen molar-refractivity contribution in [2.75, 3.05) is 45.8 Å². The van der Waals surface area contributed by atoms with E-state index >= 15 is 0 Å². The predicted molar refractivity (Wildman–Crippen MR) is 114 cm³/mol. The van der Waals surface area contributed by atoms with Gasteiger partial charge >= 0.3 is 0 Å². The first-order chi connectivity index (χ1) is 14.8. The molecule has 2 atom stereocenters. The largest absolute Gasteiger partial charge is 0.389 e. The van der Waals surface area contributed by atoms with E-state index in [1.807, 2.05) is 11.0 Å². The first kappa shape index (κ1) is 22.3. The summed E-state index contributed by atoms with van der Waals surface area (Å²) in [7, 11) is -3.78. The maximum Gasteiger partial charge on any atom is 0.243 e. The number of aliphatic hydroxyl groups excluding tert-OH is 1. The molecule has 2 aliphatic rings. The smallest absolute Gasteiger partial charge is 0.243 e. The molecule has 0 unspecified atom stereocenters. The molecular weight excluding hydrogens is 421 g/mol. The van der Waals surface area contributed by atoms with Crippen LogP contribution in [0.4, 0.5) is 4.39 Å². The van der Waals surface area contributed by atoms with Crippen LogP contribution in [-0.4, -0.2) is 90.3 Å². The van der Waals surface area contributed by atoms with Gasteiger partial charge in [0.1, 0.15) is 11.4 Å². The molecule has 2 aliphatic heterocycles. The van der Waals surface area contributed by atoms with Crippen LogP contribution in [0.15, 0.2) is 59.5 Å². The first-order valence-electron chi connectivity index (χ1n) is 10.4. The van der Waals surface area contributed by atoms with E-state index in [-0.39, 0.29) is 30.3 Å². The van der Waals surface area contributed by atoms with Crippen LogP contribution < -0.4 is 0 Å². The van der Waals surface area contributed by atoms with Crippen molar-refractivity contribution >= 4 is 10.0 Å². The lowest BCUT2D eigenvalue weighted by molar-refractivity contribution is -0.0670. The minimum atomic E-state index is -3.78. The van der Waals surface area contributed by atoms with Crippen molar-refractivity contribution in [3.05, 3.63) is 66.0 Å². The Morgan fingerprint density at radius 1 is 0.968 bits per heavy atom. The van der Waals surface area contributed by atoms with Gasteiger partial charge in [0.15, 0.2) is 0 Å². The van der Waals surface area contributed by atoms with Gasteiger partial charge < -0.3 is 10.2 Å². The topological polar surface area (TPSA) is 84.3 Å². The second-order valence-corrected chi connectivity index (χ2v) is 10.3. The molecule has 0 spiro atoms. The van der Waals surface area contributed by atoms with Crippen molar-refractivity contribution in [1.82, 2.24) is 14.1 Å². The summed E-state index contributed by atoms with van der Waals surface area (Å²) in [5.74, 6) is -0.215. The molecule has 0 radical (unpaired) electrons. The fraction of sp³-hybridized carbons (Fsp3) is 0.455. The summed E-state index contributed by atoms with van der Waals surface area (Å²) in [6, 6.07) is 14.8. The third kappa shape index (κ3) is 4.82. The van der Waals surface area contributed by atoms with Crippen LogP contribution >= 0.6 is 0 Å². The number of hydrogen-bond donors (Lipinski definition) is 2. The molecule has 31 heavy (non-hydrogen) atoms. The maximum atomic E-state index is 13.9. The summed E-state index contributed by atoms with van der Waals surface area (Å²) in [6.07, 6.45) is -1.16. The van der Waals surface area contributed by atoms with Gasteiger partial charge in [0, 0.05) is 57.9 Å². The molecule has 2 saturated heterocycles. The van der Waals surface area contributed by atoms with Gasteiger partial charge in [0.05, 0.1) is 11.0 Å². The van der Waals surface area contributed by atoms with Crippen molar-refractivity contribution in [2.24, 2.45) is 0 Å². The number of aliphatic hydroxyl groups is 2. The molecule has 2 aromatic carbocycles. The highest BCUT2D eigenvalue weighted by atomic mass is 32.2. The van der Waals surface area contributed by atoms with Crippen LogP contribution in [0.1, 0.15) is 5.56 Å². The highest BCUT2D eigenvalue weighted by Crippen LogP contribution is 2.29. The van der Waals surface area contributed by atoms with Gasteiger partial charge in [-0.15, -0.1) is 0 Å². The zero-order valence-electron chi connectivity index (χ0n) is 17.3. The molecule has 168 valence electrons. The minimum Gasteiger partial charge on any atom is -0.389 e. The Kier molecular flexibility index (Phi) is 6.43. The summed E-state index contributed by atoms with van der Waals surface area (Å²) < 4.78 is 40.8. The molecule has 0 aromatic heterocycles. The summed E-state index contributed by atoms with van der Waals surface area (Å²) in [5, 5.41) is 21.6. The Morgan fingerprint density at radius 3 is 2.26 bits per heavy atom. The van der Waals surface area contributed by atoms with E-state index in [1.165, 1.54) is 18.2 Å². The summed E-state index contributed by atoms with van der Waals surface area (Å²) in [6.45, 7) is 3.11. The monoisotopic (exact) mass is 449 g/mol. The van der Waals surface area contributed by atoms with E-state index in [1.54, 1.807) is 30.3 Å². The van der Waals surface area contributed by atoms with Gasteiger partial charge in [-0.05, 0) is 18.2 Å². The van der Waals surface area contributed by atoms with Crippen LogP contribution in [0.3, 0.4) is 0 Å². The summed E-state index contributed by atoms with van der Waals surface area (Å²) in [5.41, 5.74) is -0.877. The normalized spacial score (nSPS) is 26.4. The average Bonchev–Trinajstić information content (AvgIpc) is 3.07. The number of hydrogen-bond acceptors (Lipinski definition) is 6. The molecule has 9 heteroatoms. The Hall–Kier alpha value is -1.88. The highest BCUT2D eigenvalue weighted by molar-refractivity contribution is 7.89. The zero-order valence-corrected chi connectivity index (χ0v) is 18.1. The van der Waals surface area contributed by atoms with Crippen molar-refractivity contribution in [2.45, 2.75) is 23.1 Å². The highest BCUT2D eigenvalue weighted by Gasteiger charge is 2.49. The van der Waals surface area contributed by atoms with Gasteiger partial charge in [-0.2, -0.15) is 4.31 Å². The molecular formula is C22H28FN3O4S. The number of rotatable bonds is 6.